The first-order valence-corrected chi connectivity index (χ1v) is 6.66. The zero-order valence-electron chi connectivity index (χ0n) is 12.2. The molecule has 0 heterocycles. The Morgan fingerprint density at radius 1 is 1.19 bits per heavy atom. The molecule has 1 N–H and O–H groups in total. The van der Waals surface area contributed by atoms with E-state index in [4.69, 9.17) is 0 Å². The minimum Gasteiger partial charge on any atom is -0.373 e. The number of aryl methyl sites for hydroxylation is 2. The van der Waals surface area contributed by atoms with Gasteiger partial charge >= 0.3 is 0 Å². The molecule has 0 saturated heterocycles. The Morgan fingerprint density at radius 3 is 2.52 bits per heavy atom. The Kier molecular flexibility index (Phi) is 4.21. The molecule has 1 unspecified atom stereocenters. The molecule has 0 saturated carbocycles. The lowest BCUT2D eigenvalue weighted by atomic mass is 10.00. The molecular formula is C16H17FN2O2. The van der Waals surface area contributed by atoms with Crippen LogP contribution in [-0.2, 0) is 0 Å². The summed E-state index contributed by atoms with van der Waals surface area (Å²) in [7, 11) is 0. The molecule has 0 aliphatic rings. The van der Waals surface area contributed by atoms with Crippen LogP contribution in [0, 0.1) is 29.8 Å². The van der Waals surface area contributed by atoms with Gasteiger partial charge in [0.1, 0.15) is 11.5 Å². The summed E-state index contributed by atoms with van der Waals surface area (Å²) in [6, 6.07) is 9.48. The average Bonchev–Trinajstić information content (AvgIpc) is 2.40. The van der Waals surface area contributed by atoms with E-state index < -0.39 is 10.7 Å². The van der Waals surface area contributed by atoms with Crippen LogP contribution in [0.2, 0.25) is 0 Å². The molecule has 0 amide bonds. The lowest BCUT2D eigenvalue weighted by Gasteiger charge is -2.18. The van der Waals surface area contributed by atoms with Gasteiger partial charge in [0.25, 0.3) is 5.69 Å². The van der Waals surface area contributed by atoms with E-state index in [0.717, 1.165) is 22.8 Å². The Labute approximate surface area is 122 Å². The minimum atomic E-state index is -0.619. The number of rotatable bonds is 4. The van der Waals surface area contributed by atoms with Gasteiger partial charge in [0, 0.05) is 6.04 Å². The van der Waals surface area contributed by atoms with Crippen LogP contribution in [0.25, 0.3) is 0 Å². The largest absolute Gasteiger partial charge is 0.373 e. The fourth-order valence-electron chi connectivity index (χ4n) is 2.40. The average molecular weight is 288 g/mol. The quantitative estimate of drug-likeness (QED) is 0.664. The number of anilines is 1. The molecule has 0 aliphatic carbocycles. The van der Waals surface area contributed by atoms with Crippen molar-refractivity contribution in [3.8, 4) is 0 Å². The van der Waals surface area contributed by atoms with Gasteiger partial charge in [0.05, 0.1) is 11.0 Å². The number of nitro benzene ring substituents is 1. The molecule has 110 valence electrons. The van der Waals surface area contributed by atoms with E-state index >= 15 is 0 Å². The van der Waals surface area contributed by atoms with Gasteiger partial charge in [-0.25, -0.2) is 4.39 Å². The first-order valence-electron chi connectivity index (χ1n) is 6.66. The maximum Gasteiger partial charge on any atom is 0.295 e. The second-order valence-electron chi connectivity index (χ2n) is 5.14. The summed E-state index contributed by atoms with van der Waals surface area (Å²) in [4.78, 5) is 10.4. The van der Waals surface area contributed by atoms with Crippen molar-refractivity contribution in [2.45, 2.75) is 26.8 Å². The molecule has 0 aromatic heterocycles. The maximum atomic E-state index is 13.1. The minimum absolute atomic E-state index is 0.116. The summed E-state index contributed by atoms with van der Waals surface area (Å²) in [5, 5.41) is 14.1. The summed E-state index contributed by atoms with van der Waals surface area (Å²) in [5.74, 6) is -0.619. The first kappa shape index (κ1) is 15.0. The van der Waals surface area contributed by atoms with E-state index in [0.29, 0.717) is 5.69 Å². The van der Waals surface area contributed by atoms with Crippen LogP contribution in [0.1, 0.15) is 29.7 Å². The Balaban J connectivity index is 2.31. The number of hydrogen-bond donors (Lipinski definition) is 1. The number of benzene rings is 2. The van der Waals surface area contributed by atoms with Crippen molar-refractivity contribution in [2.75, 3.05) is 5.32 Å². The third-order valence-corrected chi connectivity index (χ3v) is 3.42. The van der Waals surface area contributed by atoms with E-state index in [-0.39, 0.29) is 11.7 Å². The van der Waals surface area contributed by atoms with Crippen LogP contribution < -0.4 is 5.32 Å². The summed E-state index contributed by atoms with van der Waals surface area (Å²) in [6.07, 6.45) is 0. The van der Waals surface area contributed by atoms with E-state index in [1.165, 1.54) is 12.1 Å². The molecule has 1 atom stereocenters. The summed E-state index contributed by atoms with van der Waals surface area (Å²) in [5.41, 5.74) is 3.38. The molecule has 5 heteroatoms. The number of nitrogens with zero attached hydrogens (tertiary/aromatic N) is 1. The van der Waals surface area contributed by atoms with E-state index in [1.807, 2.05) is 32.9 Å². The molecule has 21 heavy (non-hydrogen) atoms. The summed E-state index contributed by atoms with van der Waals surface area (Å²) >= 11 is 0. The molecule has 0 spiro atoms. The monoisotopic (exact) mass is 288 g/mol. The molecule has 0 radical (unpaired) electrons. The molecule has 0 bridgehead atoms. The van der Waals surface area contributed by atoms with E-state index in [1.54, 1.807) is 0 Å². The van der Waals surface area contributed by atoms with Crippen LogP contribution in [0.5, 0.6) is 0 Å². The smallest absolute Gasteiger partial charge is 0.295 e. The first-order chi connectivity index (χ1) is 9.88. The van der Waals surface area contributed by atoms with Crippen molar-refractivity contribution in [1.29, 1.82) is 0 Å². The second kappa shape index (κ2) is 5.91. The highest BCUT2D eigenvalue weighted by Crippen LogP contribution is 2.29. The molecule has 2 aromatic carbocycles. The lowest BCUT2D eigenvalue weighted by Crippen LogP contribution is -2.10. The number of nitro groups is 1. The standard InChI is InChI=1S/C16H17FN2O2/c1-10-4-6-14(11(2)8-10)12(3)18-15-7-5-13(17)9-16(15)19(20)21/h4-9,12,18H,1-3H3. The van der Waals surface area contributed by atoms with Crippen LogP contribution in [0.15, 0.2) is 36.4 Å². The highest BCUT2D eigenvalue weighted by Gasteiger charge is 2.17. The van der Waals surface area contributed by atoms with Gasteiger partial charge in [-0.1, -0.05) is 23.8 Å². The maximum absolute atomic E-state index is 13.1. The van der Waals surface area contributed by atoms with Crippen molar-refractivity contribution >= 4 is 11.4 Å². The SMILES string of the molecule is Cc1ccc(C(C)Nc2ccc(F)cc2[N+](=O)[O-])c(C)c1. The van der Waals surface area contributed by atoms with E-state index in [2.05, 4.69) is 11.4 Å². The lowest BCUT2D eigenvalue weighted by molar-refractivity contribution is -0.384. The van der Waals surface area contributed by atoms with Crippen LogP contribution in [0.3, 0.4) is 0 Å². The van der Waals surface area contributed by atoms with Crippen molar-refractivity contribution in [3.63, 3.8) is 0 Å². The fraction of sp³-hybridized carbons (Fsp3) is 0.250. The van der Waals surface area contributed by atoms with Crippen LogP contribution in [-0.4, -0.2) is 4.92 Å². The van der Waals surface area contributed by atoms with Gasteiger partial charge in [-0.3, -0.25) is 10.1 Å². The third-order valence-electron chi connectivity index (χ3n) is 3.42. The fourth-order valence-corrected chi connectivity index (χ4v) is 2.40. The summed E-state index contributed by atoms with van der Waals surface area (Å²) < 4.78 is 13.1. The van der Waals surface area contributed by atoms with Crippen molar-refractivity contribution < 1.29 is 9.31 Å². The van der Waals surface area contributed by atoms with Gasteiger partial charge in [0.2, 0.25) is 0 Å². The molecule has 2 rings (SSSR count). The van der Waals surface area contributed by atoms with Crippen molar-refractivity contribution in [1.82, 2.24) is 0 Å². The molecule has 4 nitrogen and oxygen atoms in total. The van der Waals surface area contributed by atoms with E-state index in [9.17, 15) is 14.5 Å². The highest BCUT2D eigenvalue weighted by atomic mass is 19.1. The topological polar surface area (TPSA) is 55.2 Å². The Bertz CT molecular complexity index is 686. The van der Waals surface area contributed by atoms with Crippen LogP contribution in [0.4, 0.5) is 15.8 Å². The van der Waals surface area contributed by atoms with Crippen LogP contribution >= 0.6 is 0 Å². The molecule has 2 aromatic rings. The zero-order chi connectivity index (χ0) is 15.6. The van der Waals surface area contributed by atoms with Gasteiger partial charge in [0.15, 0.2) is 0 Å². The molecule has 0 fully saturated rings. The predicted octanol–water partition coefficient (Wildman–Crippen LogP) is 4.52. The number of halogens is 1. The van der Waals surface area contributed by atoms with Gasteiger partial charge in [-0.15, -0.1) is 0 Å². The normalized spacial score (nSPS) is 12.0. The highest BCUT2D eigenvalue weighted by molar-refractivity contribution is 5.62. The second-order valence-corrected chi connectivity index (χ2v) is 5.14. The van der Waals surface area contributed by atoms with Crippen molar-refractivity contribution in [3.05, 3.63) is 69.0 Å². The number of hydrogen-bond acceptors (Lipinski definition) is 3. The molecule has 0 aliphatic heterocycles. The zero-order valence-corrected chi connectivity index (χ0v) is 12.2. The third kappa shape index (κ3) is 3.37. The van der Waals surface area contributed by atoms with Crippen molar-refractivity contribution in [2.24, 2.45) is 0 Å². The number of nitrogens with one attached hydrogen (secondary N) is 1. The van der Waals surface area contributed by atoms with Gasteiger partial charge in [-0.2, -0.15) is 0 Å². The molecular weight excluding hydrogens is 271 g/mol. The summed E-state index contributed by atoms with van der Waals surface area (Å²) in [6.45, 7) is 5.93. The Hall–Kier alpha value is -2.43. The van der Waals surface area contributed by atoms with Gasteiger partial charge < -0.3 is 5.32 Å². The predicted molar refractivity (Wildman–Crippen MR) is 81.0 cm³/mol. The Morgan fingerprint density at radius 2 is 1.90 bits per heavy atom. The van der Waals surface area contributed by atoms with Gasteiger partial charge in [-0.05, 0) is 44.0 Å².